The van der Waals surface area contributed by atoms with Gasteiger partial charge in [0.25, 0.3) is 5.91 Å². The van der Waals surface area contributed by atoms with Crippen LogP contribution < -0.4 is 0 Å². The van der Waals surface area contributed by atoms with E-state index < -0.39 is 5.60 Å². The molecule has 3 aliphatic rings. The summed E-state index contributed by atoms with van der Waals surface area (Å²) in [6.45, 7) is 4.21. The van der Waals surface area contributed by atoms with Crippen LogP contribution in [0.1, 0.15) is 31.2 Å². The first-order valence-electron chi connectivity index (χ1n) is 9.52. The molecule has 0 atom stereocenters. The van der Waals surface area contributed by atoms with Crippen LogP contribution in [0.3, 0.4) is 0 Å². The lowest BCUT2D eigenvalue weighted by molar-refractivity contribution is -0.201. The van der Waals surface area contributed by atoms with E-state index in [0.29, 0.717) is 13.1 Å². The van der Waals surface area contributed by atoms with Gasteiger partial charge in [0, 0.05) is 32.7 Å². The molecule has 1 aliphatic carbocycles. The molecule has 1 N–H and O–H groups in total. The van der Waals surface area contributed by atoms with E-state index in [9.17, 15) is 9.90 Å². The second-order valence-corrected chi connectivity index (χ2v) is 7.81. The SMILES string of the molecule is Cl.O=C1N(CCO)CC2(CCN(CCc3ccccc3)CC2)OC12CC2. The molecule has 2 heterocycles. The topological polar surface area (TPSA) is 53.0 Å². The molecule has 1 saturated carbocycles. The number of carbonyl (C=O) groups is 1. The molecule has 2 spiro atoms. The van der Waals surface area contributed by atoms with Crippen molar-refractivity contribution in [3.63, 3.8) is 0 Å². The van der Waals surface area contributed by atoms with Gasteiger partial charge in [-0.25, -0.2) is 0 Å². The molecule has 3 fully saturated rings. The first-order chi connectivity index (χ1) is 12.1. The van der Waals surface area contributed by atoms with Gasteiger partial charge in [0.05, 0.1) is 12.2 Å². The first kappa shape index (κ1) is 19.6. The van der Waals surface area contributed by atoms with Gasteiger partial charge < -0.3 is 19.6 Å². The number of nitrogens with zero attached hydrogens (tertiary/aromatic N) is 2. The number of hydrogen-bond donors (Lipinski definition) is 1. The molecule has 26 heavy (non-hydrogen) atoms. The highest BCUT2D eigenvalue weighted by Gasteiger charge is 2.61. The zero-order valence-electron chi connectivity index (χ0n) is 15.2. The Labute approximate surface area is 161 Å². The Bertz CT molecular complexity index is 613. The van der Waals surface area contributed by atoms with Crippen LogP contribution in [0.25, 0.3) is 0 Å². The minimum Gasteiger partial charge on any atom is -0.395 e. The van der Waals surface area contributed by atoms with Crippen molar-refractivity contribution in [1.29, 1.82) is 0 Å². The zero-order chi connectivity index (χ0) is 17.3. The van der Waals surface area contributed by atoms with Crippen molar-refractivity contribution in [1.82, 2.24) is 9.80 Å². The van der Waals surface area contributed by atoms with Crippen LogP contribution in [-0.2, 0) is 16.0 Å². The highest BCUT2D eigenvalue weighted by molar-refractivity contribution is 5.89. The molecule has 4 rings (SSSR count). The summed E-state index contributed by atoms with van der Waals surface area (Å²) in [6.07, 6.45) is 4.70. The van der Waals surface area contributed by atoms with Crippen LogP contribution in [0.4, 0.5) is 0 Å². The van der Waals surface area contributed by atoms with E-state index in [2.05, 4.69) is 35.2 Å². The summed E-state index contributed by atoms with van der Waals surface area (Å²) in [7, 11) is 0. The molecule has 0 unspecified atom stereocenters. The van der Waals surface area contributed by atoms with Gasteiger partial charge in [0.2, 0.25) is 0 Å². The van der Waals surface area contributed by atoms with Crippen molar-refractivity contribution in [2.75, 3.05) is 39.3 Å². The summed E-state index contributed by atoms with van der Waals surface area (Å²) in [4.78, 5) is 16.9. The summed E-state index contributed by atoms with van der Waals surface area (Å²) in [5.74, 6) is 0.0960. The van der Waals surface area contributed by atoms with Gasteiger partial charge in [-0.3, -0.25) is 4.79 Å². The third-order valence-electron chi connectivity index (χ3n) is 5.97. The van der Waals surface area contributed by atoms with E-state index in [-0.39, 0.29) is 30.5 Å². The van der Waals surface area contributed by atoms with Crippen LogP contribution in [0.5, 0.6) is 0 Å². The standard InChI is InChI=1S/C20H28N2O3.ClH/c23-15-14-22-16-19(25-20(7-8-20)18(22)24)9-12-21(13-10-19)11-6-17-4-2-1-3-5-17;/h1-5,23H,6-16H2;1H. The van der Waals surface area contributed by atoms with Crippen molar-refractivity contribution in [3.05, 3.63) is 35.9 Å². The number of aliphatic hydroxyl groups excluding tert-OH is 1. The summed E-state index contributed by atoms with van der Waals surface area (Å²) in [5.41, 5.74) is 0.621. The van der Waals surface area contributed by atoms with Gasteiger partial charge >= 0.3 is 0 Å². The average molecular weight is 381 g/mol. The lowest BCUT2D eigenvalue weighted by Crippen LogP contribution is -2.63. The van der Waals surface area contributed by atoms with Crippen molar-refractivity contribution >= 4 is 18.3 Å². The maximum atomic E-state index is 12.5. The minimum atomic E-state index is -0.556. The molecule has 1 aromatic carbocycles. The number of likely N-dealkylation sites (tertiary alicyclic amines) is 1. The van der Waals surface area contributed by atoms with Crippen LogP contribution in [0, 0.1) is 0 Å². The molecule has 0 bridgehead atoms. The fourth-order valence-electron chi connectivity index (χ4n) is 4.31. The Kier molecular flexibility index (Phi) is 5.92. The van der Waals surface area contributed by atoms with E-state index in [0.717, 1.165) is 51.7 Å². The minimum absolute atomic E-state index is 0. The maximum Gasteiger partial charge on any atom is 0.255 e. The predicted octanol–water partition coefficient (Wildman–Crippen LogP) is 1.87. The fourth-order valence-corrected chi connectivity index (χ4v) is 4.31. The smallest absolute Gasteiger partial charge is 0.255 e. The van der Waals surface area contributed by atoms with E-state index in [1.165, 1.54) is 5.56 Å². The van der Waals surface area contributed by atoms with Gasteiger partial charge in [0.1, 0.15) is 5.60 Å². The normalized spacial score (nSPS) is 23.9. The van der Waals surface area contributed by atoms with E-state index >= 15 is 0 Å². The second-order valence-electron chi connectivity index (χ2n) is 7.81. The Morgan fingerprint density at radius 1 is 1.04 bits per heavy atom. The van der Waals surface area contributed by atoms with Crippen LogP contribution >= 0.6 is 12.4 Å². The molecule has 1 aromatic rings. The number of amides is 1. The monoisotopic (exact) mass is 380 g/mol. The fraction of sp³-hybridized carbons (Fsp3) is 0.650. The molecule has 0 radical (unpaired) electrons. The quantitative estimate of drug-likeness (QED) is 0.847. The van der Waals surface area contributed by atoms with Crippen molar-refractivity contribution in [2.45, 2.75) is 43.3 Å². The summed E-state index contributed by atoms with van der Waals surface area (Å²) in [5, 5.41) is 9.29. The summed E-state index contributed by atoms with van der Waals surface area (Å²) >= 11 is 0. The molecule has 0 aromatic heterocycles. The van der Waals surface area contributed by atoms with E-state index in [1.54, 1.807) is 0 Å². The van der Waals surface area contributed by atoms with Gasteiger partial charge in [-0.15, -0.1) is 12.4 Å². The van der Waals surface area contributed by atoms with Gasteiger partial charge in [0.15, 0.2) is 0 Å². The number of hydrogen-bond acceptors (Lipinski definition) is 4. The lowest BCUT2D eigenvalue weighted by atomic mass is 9.87. The number of carbonyl (C=O) groups excluding carboxylic acids is 1. The molecular formula is C20H29ClN2O3. The molecule has 2 saturated heterocycles. The van der Waals surface area contributed by atoms with E-state index in [1.807, 2.05) is 4.90 Å². The van der Waals surface area contributed by atoms with Crippen molar-refractivity contribution in [3.8, 4) is 0 Å². The Morgan fingerprint density at radius 3 is 2.35 bits per heavy atom. The maximum absolute atomic E-state index is 12.5. The zero-order valence-corrected chi connectivity index (χ0v) is 16.0. The number of β-amino-alcohol motifs (C(OH)–C–C–N with tert-alkyl or cyclic N) is 1. The van der Waals surface area contributed by atoms with Gasteiger partial charge in [-0.2, -0.15) is 0 Å². The molecule has 144 valence electrons. The lowest BCUT2D eigenvalue weighted by Gasteiger charge is -2.50. The number of benzene rings is 1. The third-order valence-corrected chi connectivity index (χ3v) is 5.97. The van der Waals surface area contributed by atoms with Crippen molar-refractivity contribution in [2.24, 2.45) is 0 Å². The van der Waals surface area contributed by atoms with Crippen molar-refractivity contribution < 1.29 is 14.6 Å². The summed E-state index contributed by atoms with van der Waals surface area (Å²) in [6, 6.07) is 10.6. The Balaban J connectivity index is 0.00000196. The molecular weight excluding hydrogens is 352 g/mol. The van der Waals surface area contributed by atoms with Gasteiger partial charge in [-0.05, 0) is 37.7 Å². The number of halogens is 1. The summed E-state index contributed by atoms with van der Waals surface area (Å²) < 4.78 is 6.41. The highest BCUT2D eigenvalue weighted by atomic mass is 35.5. The number of ether oxygens (including phenoxy) is 1. The number of rotatable bonds is 5. The number of morpholine rings is 1. The largest absolute Gasteiger partial charge is 0.395 e. The molecule has 6 heteroatoms. The van der Waals surface area contributed by atoms with Crippen LogP contribution in [0.15, 0.2) is 30.3 Å². The second kappa shape index (κ2) is 7.85. The van der Waals surface area contributed by atoms with Crippen LogP contribution in [0.2, 0.25) is 0 Å². The van der Waals surface area contributed by atoms with Crippen LogP contribution in [-0.4, -0.2) is 71.3 Å². The Morgan fingerprint density at radius 2 is 1.73 bits per heavy atom. The first-order valence-corrected chi connectivity index (χ1v) is 9.52. The molecule has 1 amide bonds. The Hall–Kier alpha value is -1.14. The molecule has 5 nitrogen and oxygen atoms in total. The number of piperidine rings is 1. The third kappa shape index (κ3) is 3.91. The predicted molar refractivity (Wildman–Crippen MR) is 103 cm³/mol. The highest BCUT2D eigenvalue weighted by Crippen LogP contribution is 2.49. The average Bonchev–Trinajstić information content (AvgIpc) is 3.40. The van der Waals surface area contributed by atoms with E-state index in [4.69, 9.17) is 4.74 Å². The van der Waals surface area contributed by atoms with Gasteiger partial charge in [-0.1, -0.05) is 30.3 Å². The molecule has 2 aliphatic heterocycles. The number of aliphatic hydroxyl groups is 1.